The van der Waals surface area contributed by atoms with E-state index < -0.39 is 30.0 Å². The number of hydrogen-bond donors (Lipinski definition) is 1. The fourth-order valence-corrected chi connectivity index (χ4v) is 4.80. The SMILES string of the molecule is COCC(=O)Oc1c(OC)ccnc1C(=O)N[C@@H](C)C(=O)OC1CCCc2ccccc2C1c1ccccc1. The first kappa shape index (κ1) is 27.8. The number of nitrogens with one attached hydrogen (secondary N) is 1. The fourth-order valence-electron chi connectivity index (χ4n) is 4.80. The molecule has 0 aliphatic heterocycles. The highest BCUT2D eigenvalue weighted by molar-refractivity contribution is 5.98. The predicted molar refractivity (Wildman–Crippen MR) is 143 cm³/mol. The van der Waals surface area contributed by atoms with Gasteiger partial charge in [-0.25, -0.2) is 14.6 Å². The van der Waals surface area contributed by atoms with E-state index in [2.05, 4.69) is 22.4 Å². The normalized spacial score (nSPS) is 17.2. The number of methoxy groups -OCH3 is 2. The number of carbonyl (C=O) groups is 3. The molecule has 3 atom stereocenters. The molecule has 1 aliphatic carbocycles. The highest BCUT2D eigenvalue weighted by Gasteiger charge is 2.33. The van der Waals surface area contributed by atoms with Crippen molar-refractivity contribution in [3.63, 3.8) is 0 Å². The zero-order valence-electron chi connectivity index (χ0n) is 22.2. The summed E-state index contributed by atoms with van der Waals surface area (Å²) < 4.78 is 21.4. The van der Waals surface area contributed by atoms with Crippen LogP contribution in [0, 0.1) is 0 Å². The Morgan fingerprint density at radius 2 is 1.77 bits per heavy atom. The number of hydrogen-bond acceptors (Lipinski definition) is 8. The van der Waals surface area contributed by atoms with Gasteiger partial charge in [-0.05, 0) is 42.9 Å². The van der Waals surface area contributed by atoms with Crippen molar-refractivity contribution < 1.29 is 33.3 Å². The lowest BCUT2D eigenvalue weighted by atomic mass is 9.84. The largest absolute Gasteiger partial charge is 0.493 e. The second-order valence-corrected chi connectivity index (χ2v) is 9.25. The van der Waals surface area contributed by atoms with Gasteiger partial charge in [-0.1, -0.05) is 54.6 Å². The molecule has 1 N–H and O–H groups in total. The molecular formula is C30H32N2O7. The van der Waals surface area contributed by atoms with Crippen LogP contribution in [0.15, 0.2) is 66.9 Å². The molecule has 1 aliphatic rings. The van der Waals surface area contributed by atoms with Crippen molar-refractivity contribution in [1.29, 1.82) is 0 Å². The summed E-state index contributed by atoms with van der Waals surface area (Å²) in [4.78, 5) is 42.5. The fraction of sp³-hybridized carbons (Fsp3) is 0.333. The highest BCUT2D eigenvalue weighted by atomic mass is 16.6. The molecule has 0 spiro atoms. The molecular weight excluding hydrogens is 500 g/mol. The van der Waals surface area contributed by atoms with Gasteiger partial charge >= 0.3 is 11.9 Å². The van der Waals surface area contributed by atoms with Gasteiger partial charge in [0.2, 0.25) is 5.75 Å². The van der Waals surface area contributed by atoms with Crippen LogP contribution in [0.4, 0.5) is 0 Å². The molecule has 2 aromatic carbocycles. The number of rotatable bonds is 9. The molecule has 0 radical (unpaired) electrons. The second-order valence-electron chi connectivity index (χ2n) is 9.25. The average Bonchev–Trinajstić information content (AvgIpc) is 3.12. The van der Waals surface area contributed by atoms with Crippen LogP contribution < -0.4 is 14.8 Å². The first-order chi connectivity index (χ1) is 18.9. The summed E-state index contributed by atoms with van der Waals surface area (Å²) in [5.74, 6) is -2.18. The summed E-state index contributed by atoms with van der Waals surface area (Å²) in [5.41, 5.74) is 3.23. The standard InChI is InChI=1S/C30H32N2O7/c1-19(32-29(34)27-28(39-25(33)18-36-2)24(37-3)16-17-31-27)30(35)38-23-15-9-13-20-10-7-8-14-22(20)26(23)21-11-5-4-6-12-21/h4-8,10-12,14,16-17,19,23,26H,9,13,15,18H2,1-3H3,(H,32,34)/t19-,23?,26?/m0/s1. The zero-order valence-corrected chi connectivity index (χ0v) is 22.2. The number of aromatic nitrogens is 1. The molecule has 0 fully saturated rings. The van der Waals surface area contributed by atoms with Crippen LogP contribution in [0.1, 0.15) is 52.9 Å². The summed E-state index contributed by atoms with van der Waals surface area (Å²) in [5, 5.41) is 2.62. The lowest BCUT2D eigenvalue weighted by molar-refractivity contribution is -0.152. The third-order valence-corrected chi connectivity index (χ3v) is 6.61. The van der Waals surface area contributed by atoms with E-state index in [1.807, 2.05) is 42.5 Å². The molecule has 9 nitrogen and oxygen atoms in total. The number of amides is 1. The van der Waals surface area contributed by atoms with Crippen LogP contribution in [0.3, 0.4) is 0 Å². The van der Waals surface area contributed by atoms with Crippen molar-refractivity contribution in [1.82, 2.24) is 10.3 Å². The molecule has 1 amide bonds. The number of benzene rings is 2. The third-order valence-electron chi connectivity index (χ3n) is 6.61. The lowest BCUT2D eigenvalue weighted by Gasteiger charge is -2.28. The molecule has 39 heavy (non-hydrogen) atoms. The van der Waals surface area contributed by atoms with Gasteiger partial charge in [0.25, 0.3) is 5.91 Å². The van der Waals surface area contributed by atoms with Gasteiger partial charge in [-0.15, -0.1) is 0 Å². The van der Waals surface area contributed by atoms with Gasteiger partial charge in [-0.3, -0.25) is 4.79 Å². The summed E-state index contributed by atoms with van der Waals surface area (Å²) in [7, 11) is 2.72. The number of carbonyl (C=O) groups excluding carboxylic acids is 3. The summed E-state index contributed by atoms with van der Waals surface area (Å²) in [6.45, 7) is 1.22. The van der Waals surface area contributed by atoms with Crippen LogP contribution in [0.5, 0.6) is 11.5 Å². The number of pyridine rings is 1. The number of esters is 2. The minimum Gasteiger partial charge on any atom is -0.493 e. The Morgan fingerprint density at radius 3 is 2.51 bits per heavy atom. The van der Waals surface area contributed by atoms with Crippen molar-refractivity contribution >= 4 is 17.8 Å². The van der Waals surface area contributed by atoms with E-state index in [4.69, 9.17) is 18.9 Å². The van der Waals surface area contributed by atoms with Crippen LogP contribution in [-0.2, 0) is 25.5 Å². The summed E-state index contributed by atoms with van der Waals surface area (Å²) in [6, 6.07) is 18.7. The Kier molecular flexibility index (Phi) is 9.27. The Hall–Kier alpha value is -4.24. The number of nitrogens with zero attached hydrogens (tertiary/aromatic N) is 1. The maximum absolute atomic E-state index is 13.3. The van der Waals surface area contributed by atoms with E-state index in [9.17, 15) is 14.4 Å². The van der Waals surface area contributed by atoms with Gasteiger partial charge in [0.15, 0.2) is 11.4 Å². The molecule has 1 aromatic heterocycles. The molecule has 0 saturated carbocycles. The minimum absolute atomic E-state index is 0.136. The van der Waals surface area contributed by atoms with Crippen LogP contribution in [0.25, 0.3) is 0 Å². The number of aryl methyl sites for hydroxylation is 1. The van der Waals surface area contributed by atoms with Crippen LogP contribution in [-0.4, -0.2) is 55.8 Å². The molecule has 2 unspecified atom stereocenters. The maximum Gasteiger partial charge on any atom is 0.337 e. The molecule has 204 valence electrons. The monoisotopic (exact) mass is 532 g/mol. The van der Waals surface area contributed by atoms with Crippen molar-refractivity contribution in [2.45, 2.75) is 44.2 Å². The Bertz CT molecular complexity index is 1310. The van der Waals surface area contributed by atoms with E-state index in [0.717, 1.165) is 24.0 Å². The van der Waals surface area contributed by atoms with E-state index >= 15 is 0 Å². The van der Waals surface area contributed by atoms with E-state index in [-0.39, 0.29) is 29.7 Å². The van der Waals surface area contributed by atoms with Crippen molar-refractivity contribution in [2.24, 2.45) is 0 Å². The molecule has 1 heterocycles. The van der Waals surface area contributed by atoms with E-state index in [1.165, 1.54) is 32.0 Å². The summed E-state index contributed by atoms with van der Waals surface area (Å²) in [6.07, 6.45) is 3.37. The van der Waals surface area contributed by atoms with Gasteiger partial charge < -0.3 is 24.3 Å². The minimum atomic E-state index is -0.997. The Morgan fingerprint density at radius 1 is 1.03 bits per heavy atom. The molecule has 0 saturated heterocycles. The smallest absolute Gasteiger partial charge is 0.337 e. The van der Waals surface area contributed by atoms with Crippen LogP contribution >= 0.6 is 0 Å². The highest BCUT2D eigenvalue weighted by Crippen LogP contribution is 2.37. The average molecular weight is 533 g/mol. The molecule has 0 bridgehead atoms. The van der Waals surface area contributed by atoms with E-state index in [0.29, 0.717) is 6.42 Å². The van der Waals surface area contributed by atoms with Crippen molar-refractivity contribution in [3.8, 4) is 11.5 Å². The van der Waals surface area contributed by atoms with Gasteiger partial charge in [-0.2, -0.15) is 0 Å². The second kappa shape index (κ2) is 13.0. The lowest BCUT2D eigenvalue weighted by Crippen LogP contribution is -2.42. The van der Waals surface area contributed by atoms with Crippen LogP contribution in [0.2, 0.25) is 0 Å². The van der Waals surface area contributed by atoms with Crippen molar-refractivity contribution in [3.05, 3.63) is 89.2 Å². The van der Waals surface area contributed by atoms with Gasteiger partial charge in [0.1, 0.15) is 18.8 Å². The predicted octanol–water partition coefficient (Wildman–Crippen LogP) is 3.84. The molecule has 9 heteroatoms. The van der Waals surface area contributed by atoms with Gasteiger partial charge in [0.05, 0.1) is 7.11 Å². The quantitative estimate of drug-likeness (QED) is 0.327. The topological polar surface area (TPSA) is 113 Å². The number of fused-ring (bicyclic) bond motifs is 1. The summed E-state index contributed by atoms with van der Waals surface area (Å²) >= 11 is 0. The third kappa shape index (κ3) is 6.61. The Balaban J connectivity index is 1.53. The first-order valence-electron chi connectivity index (χ1n) is 12.8. The van der Waals surface area contributed by atoms with Gasteiger partial charge in [0, 0.05) is 25.3 Å². The van der Waals surface area contributed by atoms with E-state index in [1.54, 1.807) is 6.92 Å². The zero-order chi connectivity index (χ0) is 27.8. The van der Waals surface area contributed by atoms with Crippen molar-refractivity contribution in [2.75, 3.05) is 20.8 Å². The molecule has 4 rings (SSSR count). The molecule has 3 aromatic rings. The Labute approximate surface area is 227 Å². The maximum atomic E-state index is 13.3. The first-order valence-corrected chi connectivity index (χ1v) is 12.8. The number of ether oxygens (including phenoxy) is 4.